The van der Waals surface area contributed by atoms with Crippen LogP contribution >= 0.6 is 0 Å². The zero-order chi connectivity index (χ0) is 23.5. The van der Waals surface area contributed by atoms with Gasteiger partial charge in [0.15, 0.2) is 0 Å². The van der Waals surface area contributed by atoms with E-state index in [-0.39, 0.29) is 23.9 Å². The molecule has 0 spiro atoms. The number of aromatic nitrogens is 2. The molecule has 1 amide bonds. The number of carbonyl (C=O) groups is 1. The van der Waals surface area contributed by atoms with Gasteiger partial charge in [0.25, 0.3) is 5.91 Å². The Morgan fingerprint density at radius 1 is 1.09 bits per heavy atom. The average Bonchev–Trinajstić information content (AvgIpc) is 2.88. The summed E-state index contributed by atoms with van der Waals surface area (Å²) in [6.45, 7) is 2.70. The average molecular weight is 461 g/mol. The second kappa shape index (κ2) is 10.1. The molecule has 1 saturated heterocycles. The van der Waals surface area contributed by atoms with E-state index in [1.807, 2.05) is 0 Å². The lowest BCUT2D eigenvalue weighted by Gasteiger charge is -2.43. The van der Waals surface area contributed by atoms with Gasteiger partial charge in [-0.2, -0.15) is 5.26 Å². The lowest BCUT2D eigenvalue weighted by atomic mass is 9.87. The van der Waals surface area contributed by atoms with Gasteiger partial charge in [0.05, 0.1) is 12.2 Å². The first-order valence-electron chi connectivity index (χ1n) is 12.4. The number of β-amino-alcohol motifs (C(OH)–C–C–N with tert-alkyl or cyclic N) is 1. The van der Waals surface area contributed by atoms with Gasteiger partial charge in [-0.3, -0.25) is 9.69 Å². The van der Waals surface area contributed by atoms with Crippen LogP contribution in [0.2, 0.25) is 0 Å². The van der Waals surface area contributed by atoms with Crippen LogP contribution in [0.1, 0.15) is 53.7 Å². The number of hydrogen-bond acceptors (Lipinski definition) is 7. The molecule has 0 unspecified atom stereocenters. The first kappa shape index (κ1) is 22.8. The molecule has 0 bridgehead atoms. The molecule has 2 N–H and O–H groups in total. The maximum Gasteiger partial charge on any atom is 0.272 e. The van der Waals surface area contributed by atoms with Gasteiger partial charge in [-0.15, -0.1) is 0 Å². The van der Waals surface area contributed by atoms with Crippen molar-refractivity contribution >= 4 is 11.7 Å². The number of rotatable bonds is 4. The van der Waals surface area contributed by atoms with Gasteiger partial charge in [0.1, 0.15) is 17.8 Å². The van der Waals surface area contributed by atoms with Crippen molar-refractivity contribution in [2.24, 2.45) is 5.92 Å². The molecule has 8 nitrogen and oxygen atoms in total. The number of nitrogens with zero attached hydrogens (tertiary/aromatic N) is 5. The van der Waals surface area contributed by atoms with Gasteiger partial charge in [-0.1, -0.05) is 24.3 Å². The molecule has 5 rings (SSSR count). The van der Waals surface area contributed by atoms with E-state index in [0.717, 1.165) is 51.6 Å². The SMILES string of the molecule is N#CC1CCC(Nc2cc(C(=O)N3CC[C@@H](N4CCc5ccccc5C4)[C@H](O)C3)ncn2)CC1. The highest BCUT2D eigenvalue weighted by molar-refractivity contribution is 5.93. The summed E-state index contributed by atoms with van der Waals surface area (Å²) < 4.78 is 0. The Morgan fingerprint density at radius 3 is 2.65 bits per heavy atom. The summed E-state index contributed by atoms with van der Waals surface area (Å²) in [5.41, 5.74) is 3.08. The minimum atomic E-state index is -0.585. The Kier molecular flexibility index (Phi) is 6.75. The summed E-state index contributed by atoms with van der Waals surface area (Å²) in [5.74, 6) is 0.621. The number of benzene rings is 1. The largest absolute Gasteiger partial charge is 0.390 e. The van der Waals surface area contributed by atoms with Gasteiger partial charge < -0.3 is 15.3 Å². The number of likely N-dealkylation sites (tertiary alicyclic amines) is 1. The van der Waals surface area contributed by atoms with Crippen LogP contribution in [0, 0.1) is 17.2 Å². The summed E-state index contributed by atoms with van der Waals surface area (Å²) in [5, 5.41) is 23.4. The molecule has 0 radical (unpaired) electrons. The van der Waals surface area contributed by atoms with Crippen molar-refractivity contribution in [3.05, 3.63) is 53.5 Å². The molecular weight excluding hydrogens is 428 g/mol. The number of aliphatic hydroxyl groups excluding tert-OH is 1. The fraction of sp³-hybridized carbons (Fsp3) is 0.538. The molecular formula is C26H32N6O2. The van der Waals surface area contributed by atoms with Crippen molar-refractivity contribution in [3.63, 3.8) is 0 Å². The number of anilines is 1. The third-order valence-corrected chi connectivity index (χ3v) is 7.61. The lowest BCUT2D eigenvalue weighted by molar-refractivity contribution is -0.0139. The van der Waals surface area contributed by atoms with Crippen LogP contribution in [0.4, 0.5) is 5.82 Å². The standard InChI is InChI=1S/C26H32N6O2/c27-14-18-5-7-21(8-6-18)30-25-13-22(28-17-29-25)26(34)32-12-10-23(24(33)16-32)31-11-9-19-3-1-2-4-20(19)15-31/h1-4,13,17-18,21,23-24,33H,5-12,15-16H2,(H,28,29,30)/t18?,21?,23-,24-/m1/s1. The molecule has 1 saturated carbocycles. The Hall–Kier alpha value is -3.02. The van der Waals surface area contributed by atoms with Gasteiger partial charge in [0, 0.05) is 50.2 Å². The Balaban J connectivity index is 1.18. The quantitative estimate of drug-likeness (QED) is 0.722. The van der Waals surface area contributed by atoms with Crippen LogP contribution in [0.3, 0.4) is 0 Å². The second-order valence-corrected chi connectivity index (χ2v) is 9.77. The number of carbonyl (C=O) groups excluding carboxylic acids is 1. The van der Waals surface area contributed by atoms with Gasteiger partial charge in [-0.25, -0.2) is 9.97 Å². The summed E-state index contributed by atoms with van der Waals surface area (Å²) in [6, 6.07) is 12.9. The smallest absolute Gasteiger partial charge is 0.272 e. The first-order chi connectivity index (χ1) is 16.6. The Labute approximate surface area is 200 Å². The normalized spacial score (nSPS) is 27.5. The van der Waals surface area contributed by atoms with Crippen molar-refractivity contribution in [1.82, 2.24) is 19.8 Å². The monoisotopic (exact) mass is 460 g/mol. The van der Waals surface area contributed by atoms with Crippen LogP contribution in [-0.4, -0.2) is 68.6 Å². The number of amides is 1. The van der Waals surface area contributed by atoms with Crippen LogP contribution < -0.4 is 5.32 Å². The summed E-state index contributed by atoms with van der Waals surface area (Å²) in [4.78, 5) is 25.7. The highest BCUT2D eigenvalue weighted by Gasteiger charge is 2.35. The van der Waals surface area contributed by atoms with E-state index in [2.05, 4.69) is 50.5 Å². The zero-order valence-electron chi connectivity index (χ0n) is 19.4. The number of piperidine rings is 1. The highest BCUT2D eigenvalue weighted by Crippen LogP contribution is 2.27. The fourth-order valence-corrected chi connectivity index (χ4v) is 5.62. The maximum absolute atomic E-state index is 13.2. The second-order valence-electron chi connectivity index (χ2n) is 9.77. The van der Waals surface area contributed by atoms with Crippen LogP contribution in [0.25, 0.3) is 0 Å². The number of hydrogen-bond donors (Lipinski definition) is 2. The number of fused-ring (bicyclic) bond motifs is 1. The molecule has 2 aliphatic heterocycles. The van der Waals surface area contributed by atoms with Gasteiger partial charge in [-0.05, 0) is 49.7 Å². The van der Waals surface area contributed by atoms with Crippen molar-refractivity contribution in [2.45, 2.75) is 63.3 Å². The summed E-state index contributed by atoms with van der Waals surface area (Å²) in [6.07, 6.45) is 6.20. The number of nitrogens with one attached hydrogen (secondary N) is 1. The minimum absolute atomic E-state index is 0.0589. The molecule has 178 valence electrons. The minimum Gasteiger partial charge on any atom is -0.390 e. The van der Waals surface area contributed by atoms with Crippen LogP contribution in [-0.2, 0) is 13.0 Å². The topological polar surface area (TPSA) is 105 Å². The summed E-state index contributed by atoms with van der Waals surface area (Å²) >= 11 is 0. The van der Waals surface area contributed by atoms with Crippen LogP contribution in [0.5, 0.6) is 0 Å². The molecule has 1 aliphatic carbocycles. The molecule has 3 heterocycles. The number of aliphatic hydroxyl groups is 1. The third-order valence-electron chi connectivity index (χ3n) is 7.61. The van der Waals surface area contributed by atoms with Crippen molar-refractivity contribution in [2.75, 3.05) is 25.0 Å². The molecule has 1 aromatic heterocycles. The Bertz CT molecular complexity index is 1060. The fourth-order valence-electron chi connectivity index (χ4n) is 5.62. The maximum atomic E-state index is 13.2. The predicted molar refractivity (Wildman–Crippen MR) is 128 cm³/mol. The zero-order valence-corrected chi connectivity index (χ0v) is 19.4. The summed E-state index contributed by atoms with van der Waals surface area (Å²) in [7, 11) is 0. The van der Waals surface area contributed by atoms with E-state index >= 15 is 0 Å². The van der Waals surface area contributed by atoms with E-state index in [1.54, 1.807) is 11.0 Å². The molecule has 3 aliphatic rings. The molecule has 2 atom stereocenters. The Morgan fingerprint density at radius 2 is 1.88 bits per heavy atom. The molecule has 2 fully saturated rings. The number of nitriles is 1. The molecule has 1 aromatic carbocycles. The van der Waals surface area contributed by atoms with E-state index < -0.39 is 6.10 Å². The van der Waals surface area contributed by atoms with E-state index in [0.29, 0.717) is 24.6 Å². The molecule has 34 heavy (non-hydrogen) atoms. The molecule has 2 aromatic rings. The van der Waals surface area contributed by atoms with E-state index in [4.69, 9.17) is 5.26 Å². The van der Waals surface area contributed by atoms with Crippen molar-refractivity contribution < 1.29 is 9.90 Å². The first-order valence-corrected chi connectivity index (χ1v) is 12.4. The van der Waals surface area contributed by atoms with Gasteiger partial charge >= 0.3 is 0 Å². The van der Waals surface area contributed by atoms with Crippen molar-refractivity contribution in [1.29, 1.82) is 5.26 Å². The predicted octanol–water partition coefficient (Wildman–Crippen LogP) is 2.60. The third kappa shape index (κ3) is 4.91. The highest BCUT2D eigenvalue weighted by atomic mass is 16.3. The van der Waals surface area contributed by atoms with E-state index in [1.165, 1.54) is 17.5 Å². The van der Waals surface area contributed by atoms with Gasteiger partial charge in [0.2, 0.25) is 0 Å². The lowest BCUT2D eigenvalue weighted by Crippen LogP contribution is -2.56. The van der Waals surface area contributed by atoms with E-state index in [9.17, 15) is 9.90 Å². The van der Waals surface area contributed by atoms with Crippen molar-refractivity contribution in [3.8, 4) is 6.07 Å². The molecule has 8 heteroatoms. The van der Waals surface area contributed by atoms with Crippen LogP contribution in [0.15, 0.2) is 36.7 Å².